The van der Waals surface area contributed by atoms with Gasteiger partial charge in [-0.05, 0) is 49.3 Å². The number of thioether (sulfide) groups is 1. The lowest BCUT2D eigenvalue weighted by molar-refractivity contribution is 0.476. The van der Waals surface area contributed by atoms with Gasteiger partial charge in [-0.2, -0.15) is 11.8 Å². The fourth-order valence-electron chi connectivity index (χ4n) is 2.16. The average Bonchev–Trinajstić information content (AvgIpc) is 2.47. The van der Waals surface area contributed by atoms with Crippen LogP contribution in [0.5, 0.6) is 0 Å². The summed E-state index contributed by atoms with van der Waals surface area (Å²) in [7, 11) is -3.49. The number of rotatable bonds is 6. The van der Waals surface area contributed by atoms with Gasteiger partial charge in [0.25, 0.3) is 0 Å². The van der Waals surface area contributed by atoms with E-state index < -0.39 is 10.0 Å². The Morgan fingerprint density at radius 3 is 2.85 bits per heavy atom. The van der Waals surface area contributed by atoms with Crippen molar-refractivity contribution in [2.45, 2.75) is 24.7 Å². The van der Waals surface area contributed by atoms with E-state index >= 15 is 0 Å². The number of aromatic nitrogens is 1. The molecule has 2 rings (SSSR count). The van der Waals surface area contributed by atoms with Crippen molar-refractivity contribution < 1.29 is 8.42 Å². The first-order valence-electron chi connectivity index (χ1n) is 6.90. The van der Waals surface area contributed by atoms with Crippen LogP contribution >= 0.6 is 11.8 Å². The summed E-state index contributed by atoms with van der Waals surface area (Å²) in [6, 6.07) is 3.23. The number of hydrogen-bond donors (Lipinski definition) is 2. The molecule has 1 saturated heterocycles. The second-order valence-corrected chi connectivity index (χ2v) is 7.75. The first kappa shape index (κ1) is 15.6. The summed E-state index contributed by atoms with van der Waals surface area (Å²) in [6.07, 6.45) is 3.76. The van der Waals surface area contributed by atoms with Crippen molar-refractivity contribution >= 4 is 27.6 Å². The summed E-state index contributed by atoms with van der Waals surface area (Å²) in [5.74, 6) is 3.12. The highest BCUT2D eigenvalue weighted by Gasteiger charge is 2.21. The lowest BCUT2D eigenvalue weighted by atomic mass is 10.0. The fraction of sp³-hybridized carbons (Fsp3) is 0.615. The predicted octanol–water partition coefficient (Wildman–Crippen LogP) is 1.93. The Hall–Kier alpha value is -0.790. The molecule has 112 valence electrons. The van der Waals surface area contributed by atoms with E-state index in [4.69, 9.17) is 0 Å². The third kappa shape index (κ3) is 4.10. The van der Waals surface area contributed by atoms with Gasteiger partial charge in [-0.1, -0.05) is 0 Å². The molecule has 1 aromatic rings. The third-order valence-electron chi connectivity index (χ3n) is 3.31. The molecule has 2 N–H and O–H groups in total. The van der Waals surface area contributed by atoms with E-state index in [0.717, 1.165) is 24.3 Å². The van der Waals surface area contributed by atoms with Gasteiger partial charge in [0.15, 0.2) is 0 Å². The first-order chi connectivity index (χ1) is 9.63. The second kappa shape index (κ2) is 7.28. The number of anilines is 1. The standard InChI is InChI=1S/C13H21N3O2S2/c1-2-14-13-12(4-3-7-15-13)20(17,18)16-10-11-5-8-19-9-6-11/h3-4,7,11,16H,2,5-6,8-10H2,1H3,(H,14,15). The van der Waals surface area contributed by atoms with Gasteiger partial charge in [-0.25, -0.2) is 18.1 Å². The Morgan fingerprint density at radius 1 is 1.40 bits per heavy atom. The summed E-state index contributed by atoms with van der Waals surface area (Å²) in [6.45, 7) is 3.07. The van der Waals surface area contributed by atoms with Crippen molar-refractivity contribution in [1.29, 1.82) is 0 Å². The Labute approximate surface area is 125 Å². The molecule has 0 aliphatic carbocycles. The van der Waals surface area contributed by atoms with E-state index in [1.807, 2.05) is 18.7 Å². The molecule has 20 heavy (non-hydrogen) atoms. The molecular weight excluding hydrogens is 294 g/mol. The van der Waals surface area contributed by atoms with Gasteiger partial charge >= 0.3 is 0 Å². The lowest BCUT2D eigenvalue weighted by Crippen LogP contribution is -2.31. The van der Waals surface area contributed by atoms with Crippen molar-refractivity contribution in [3.8, 4) is 0 Å². The quantitative estimate of drug-likeness (QED) is 0.839. The van der Waals surface area contributed by atoms with Crippen LogP contribution in [-0.2, 0) is 10.0 Å². The molecule has 2 heterocycles. The maximum Gasteiger partial charge on any atom is 0.244 e. The minimum atomic E-state index is -3.49. The van der Waals surface area contributed by atoms with E-state index in [1.54, 1.807) is 18.3 Å². The van der Waals surface area contributed by atoms with Crippen LogP contribution in [0.2, 0.25) is 0 Å². The predicted molar refractivity (Wildman–Crippen MR) is 83.6 cm³/mol. The highest BCUT2D eigenvalue weighted by Crippen LogP contribution is 2.23. The van der Waals surface area contributed by atoms with Crippen LogP contribution in [0.25, 0.3) is 0 Å². The first-order valence-corrected chi connectivity index (χ1v) is 9.53. The third-order valence-corrected chi connectivity index (χ3v) is 5.81. The van der Waals surface area contributed by atoms with Crippen LogP contribution in [-0.4, -0.2) is 38.0 Å². The molecule has 0 amide bonds. The zero-order valence-corrected chi connectivity index (χ0v) is 13.3. The molecule has 1 aliphatic rings. The number of hydrogen-bond acceptors (Lipinski definition) is 5. The van der Waals surface area contributed by atoms with Crippen molar-refractivity contribution in [3.63, 3.8) is 0 Å². The average molecular weight is 315 g/mol. The molecular formula is C13H21N3O2S2. The number of sulfonamides is 1. The highest BCUT2D eigenvalue weighted by molar-refractivity contribution is 7.99. The molecule has 0 atom stereocenters. The minimum Gasteiger partial charge on any atom is -0.369 e. The Morgan fingerprint density at radius 2 is 2.15 bits per heavy atom. The Bertz CT molecular complexity index is 528. The van der Waals surface area contributed by atoms with Crippen LogP contribution in [0.4, 0.5) is 5.82 Å². The smallest absolute Gasteiger partial charge is 0.244 e. The van der Waals surface area contributed by atoms with Crippen molar-refractivity contribution in [1.82, 2.24) is 9.71 Å². The Balaban J connectivity index is 2.05. The summed E-state index contributed by atoms with van der Waals surface area (Å²) >= 11 is 1.94. The largest absolute Gasteiger partial charge is 0.369 e. The number of nitrogens with one attached hydrogen (secondary N) is 2. The van der Waals surface area contributed by atoms with Crippen molar-refractivity contribution in [3.05, 3.63) is 18.3 Å². The maximum absolute atomic E-state index is 12.4. The molecule has 0 radical (unpaired) electrons. The van der Waals surface area contributed by atoms with Gasteiger partial charge < -0.3 is 5.32 Å². The SMILES string of the molecule is CCNc1ncccc1S(=O)(=O)NCC1CCSCC1. The van der Waals surface area contributed by atoms with Crippen LogP contribution < -0.4 is 10.0 Å². The molecule has 7 heteroatoms. The second-order valence-electron chi connectivity index (χ2n) is 4.79. The van der Waals surface area contributed by atoms with Gasteiger partial charge in [0.2, 0.25) is 10.0 Å². The van der Waals surface area contributed by atoms with Gasteiger partial charge in [0.05, 0.1) is 0 Å². The van der Waals surface area contributed by atoms with Crippen LogP contribution in [0.15, 0.2) is 23.2 Å². The monoisotopic (exact) mass is 315 g/mol. The normalized spacial score (nSPS) is 17.1. The van der Waals surface area contributed by atoms with E-state index in [2.05, 4.69) is 15.0 Å². The molecule has 1 aromatic heterocycles. The molecule has 0 bridgehead atoms. The van der Waals surface area contributed by atoms with Gasteiger partial charge in [0.1, 0.15) is 10.7 Å². The minimum absolute atomic E-state index is 0.229. The number of pyridine rings is 1. The molecule has 0 unspecified atom stereocenters. The highest BCUT2D eigenvalue weighted by atomic mass is 32.2. The number of nitrogens with zero attached hydrogens (tertiary/aromatic N) is 1. The molecule has 1 aliphatic heterocycles. The van der Waals surface area contributed by atoms with E-state index in [-0.39, 0.29) is 4.90 Å². The molecule has 0 saturated carbocycles. The summed E-state index contributed by atoms with van der Waals surface area (Å²) in [4.78, 5) is 4.32. The van der Waals surface area contributed by atoms with Gasteiger partial charge in [-0.15, -0.1) is 0 Å². The molecule has 5 nitrogen and oxygen atoms in total. The van der Waals surface area contributed by atoms with Crippen molar-refractivity contribution in [2.75, 3.05) is 29.9 Å². The zero-order valence-electron chi connectivity index (χ0n) is 11.6. The van der Waals surface area contributed by atoms with Gasteiger partial charge in [0, 0.05) is 19.3 Å². The molecule has 0 aromatic carbocycles. The van der Waals surface area contributed by atoms with E-state index in [1.165, 1.54) is 0 Å². The molecule has 1 fully saturated rings. The lowest BCUT2D eigenvalue weighted by Gasteiger charge is -2.21. The summed E-state index contributed by atoms with van der Waals surface area (Å²) in [5.41, 5.74) is 0. The Kier molecular flexibility index (Phi) is 5.68. The van der Waals surface area contributed by atoms with Crippen molar-refractivity contribution in [2.24, 2.45) is 5.92 Å². The molecule has 0 spiro atoms. The summed E-state index contributed by atoms with van der Waals surface area (Å²) < 4.78 is 27.5. The van der Waals surface area contributed by atoms with Crippen LogP contribution in [0.1, 0.15) is 19.8 Å². The van der Waals surface area contributed by atoms with Crippen LogP contribution in [0.3, 0.4) is 0 Å². The van der Waals surface area contributed by atoms with E-state index in [0.29, 0.717) is 24.8 Å². The maximum atomic E-state index is 12.4. The fourth-order valence-corrected chi connectivity index (χ4v) is 4.62. The van der Waals surface area contributed by atoms with Gasteiger partial charge in [-0.3, -0.25) is 0 Å². The summed E-state index contributed by atoms with van der Waals surface area (Å²) in [5, 5.41) is 2.99. The van der Waals surface area contributed by atoms with Crippen LogP contribution in [0, 0.1) is 5.92 Å². The topological polar surface area (TPSA) is 71.1 Å². The van der Waals surface area contributed by atoms with E-state index in [9.17, 15) is 8.42 Å². The zero-order chi connectivity index (χ0) is 14.4.